The van der Waals surface area contributed by atoms with Crippen molar-refractivity contribution in [2.75, 3.05) is 18.5 Å². The molecule has 8 nitrogen and oxygen atoms in total. The maximum absolute atomic E-state index is 13.4. The van der Waals surface area contributed by atoms with Crippen LogP contribution in [0, 0.1) is 0 Å². The molecule has 0 radical (unpaired) electrons. The molecule has 5 rings (SSSR count). The molecule has 1 N–H and O–H groups in total. The van der Waals surface area contributed by atoms with E-state index in [9.17, 15) is 9.59 Å². The van der Waals surface area contributed by atoms with Crippen molar-refractivity contribution in [2.45, 2.75) is 70.1 Å². The number of hydrogen-bond acceptors (Lipinski definition) is 5. The van der Waals surface area contributed by atoms with Crippen LogP contribution in [0.2, 0.25) is 0 Å². The summed E-state index contributed by atoms with van der Waals surface area (Å²) < 4.78 is 7.69. The van der Waals surface area contributed by atoms with E-state index in [1.807, 2.05) is 23.1 Å². The van der Waals surface area contributed by atoms with Gasteiger partial charge in [0.1, 0.15) is 11.9 Å². The van der Waals surface area contributed by atoms with Crippen LogP contribution >= 0.6 is 0 Å². The fraction of sp³-hybridized carbons (Fsp3) is 0.565. The van der Waals surface area contributed by atoms with Crippen molar-refractivity contribution in [3.8, 4) is 0 Å². The molecule has 3 aliphatic heterocycles. The lowest BCUT2D eigenvalue weighted by Crippen LogP contribution is -2.32. The summed E-state index contributed by atoms with van der Waals surface area (Å²) in [5, 5.41) is 11.8. The minimum Gasteiger partial charge on any atom is -0.368 e. The third-order valence-corrected chi connectivity index (χ3v) is 6.55. The minimum atomic E-state index is -0.398. The number of benzene rings is 1. The highest BCUT2D eigenvalue weighted by atomic mass is 16.5. The van der Waals surface area contributed by atoms with E-state index < -0.39 is 6.10 Å². The van der Waals surface area contributed by atoms with Gasteiger partial charge in [-0.2, -0.15) is 0 Å². The molecule has 0 aliphatic carbocycles. The number of rotatable bonds is 4. The second-order valence-corrected chi connectivity index (χ2v) is 8.67. The molecule has 2 saturated heterocycles. The summed E-state index contributed by atoms with van der Waals surface area (Å²) in [6.07, 6.45) is 7.54. The Labute approximate surface area is 182 Å². The molecule has 2 aromatic rings. The molecule has 2 fully saturated rings. The number of nitrogens with one attached hydrogen (secondary N) is 1. The number of amides is 2. The molecule has 0 unspecified atom stereocenters. The monoisotopic (exact) mass is 423 g/mol. The normalized spacial score (nSPS) is 23.4. The van der Waals surface area contributed by atoms with Gasteiger partial charge in [-0.3, -0.25) is 9.59 Å². The van der Waals surface area contributed by atoms with Gasteiger partial charge in [0.25, 0.3) is 11.8 Å². The summed E-state index contributed by atoms with van der Waals surface area (Å²) in [7, 11) is 0. The highest BCUT2D eigenvalue weighted by Gasteiger charge is 2.35. The Morgan fingerprint density at radius 2 is 1.97 bits per heavy atom. The Morgan fingerprint density at radius 1 is 1.03 bits per heavy atom. The third-order valence-electron chi connectivity index (χ3n) is 6.55. The zero-order valence-electron chi connectivity index (χ0n) is 17.8. The highest BCUT2D eigenvalue weighted by Crippen LogP contribution is 2.33. The number of likely N-dealkylation sites (tertiary alicyclic amines) is 1. The average molecular weight is 424 g/mol. The molecule has 0 saturated carbocycles. The lowest BCUT2D eigenvalue weighted by molar-refractivity contribution is -0.124. The van der Waals surface area contributed by atoms with E-state index in [2.05, 4.69) is 20.1 Å². The maximum Gasteiger partial charge on any atom is 0.254 e. The lowest BCUT2D eigenvalue weighted by atomic mass is 10.1. The Kier molecular flexibility index (Phi) is 5.72. The zero-order chi connectivity index (χ0) is 21.2. The minimum absolute atomic E-state index is 0.0262. The van der Waals surface area contributed by atoms with Crippen LogP contribution in [0.3, 0.4) is 0 Å². The molecule has 4 heterocycles. The predicted octanol–water partition coefficient (Wildman–Crippen LogP) is 3.10. The van der Waals surface area contributed by atoms with Crippen molar-refractivity contribution in [1.82, 2.24) is 19.7 Å². The molecule has 2 amide bonds. The summed E-state index contributed by atoms with van der Waals surface area (Å²) >= 11 is 0. The number of carbonyl (C=O) groups is 2. The number of carbonyl (C=O) groups excluding carboxylic acids is 2. The van der Waals surface area contributed by atoms with Crippen LogP contribution in [0.25, 0.3) is 0 Å². The first-order chi connectivity index (χ1) is 15.2. The second-order valence-electron chi connectivity index (χ2n) is 8.67. The molecule has 2 atom stereocenters. The van der Waals surface area contributed by atoms with E-state index in [1.165, 1.54) is 6.42 Å². The number of nitrogens with zero attached hydrogens (tertiary/aromatic N) is 4. The molecular weight excluding hydrogens is 394 g/mol. The van der Waals surface area contributed by atoms with Crippen LogP contribution < -0.4 is 5.32 Å². The Hall–Kier alpha value is -2.74. The predicted molar refractivity (Wildman–Crippen MR) is 115 cm³/mol. The van der Waals surface area contributed by atoms with E-state index in [0.29, 0.717) is 24.4 Å². The molecule has 1 aromatic carbocycles. The van der Waals surface area contributed by atoms with Crippen LogP contribution in [0.4, 0.5) is 5.69 Å². The molecular formula is C23H29N5O3. The molecule has 0 bridgehead atoms. The summed E-state index contributed by atoms with van der Waals surface area (Å²) in [5.41, 5.74) is 1.20. The fourth-order valence-corrected chi connectivity index (χ4v) is 4.94. The van der Waals surface area contributed by atoms with Gasteiger partial charge in [-0.1, -0.05) is 12.5 Å². The Bertz CT molecular complexity index is 966. The zero-order valence-corrected chi connectivity index (χ0v) is 17.8. The van der Waals surface area contributed by atoms with E-state index in [-0.39, 0.29) is 17.9 Å². The molecule has 31 heavy (non-hydrogen) atoms. The van der Waals surface area contributed by atoms with Gasteiger partial charge in [-0.05, 0) is 56.7 Å². The second kappa shape index (κ2) is 8.78. The summed E-state index contributed by atoms with van der Waals surface area (Å²) in [6.45, 7) is 2.26. The van der Waals surface area contributed by atoms with Crippen molar-refractivity contribution in [1.29, 1.82) is 0 Å². The first-order valence-electron chi connectivity index (χ1n) is 11.5. The van der Waals surface area contributed by atoms with Crippen LogP contribution in [-0.2, 0) is 22.5 Å². The first kappa shape index (κ1) is 20.2. The van der Waals surface area contributed by atoms with E-state index in [0.717, 1.165) is 63.1 Å². The van der Waals surface area contributed by atoms with Crippen molar-refractivity contribution >= 4 is 17.5 Å². The number of fused-ring (bicyclic) bond motifs is 1. The van der Waals surface area contributed by atoms with Gasteiger partial charge in [-0.25, -0.2) is 0 Å². The largest absolute Gasteiger partial charge is 0.368 e. The number of anilines is 1. The Balaban J connectivity index is 1.34. The lowest BCUT2D eigenvalue weighted by Gasteiger charge is -2.25. The van der Waals surface area contributed by atoms with Gasteiger partial charge in [0.2, 0.25) is 0 Å². The summed E-state index contributed by atoms with van der Waals surface area (Å²) in [5.74, 6) is 1.80. The molecule has 0 spiro atoms. The number of aryl methyl sites for hydroxylation is 1. The molecule has 8 heteroatoms. The fourth-order valence-electron chi connectivity index (χ4n) is 4.94. The summed E-state index contributed by atoms with van der Waals surface area (Å²) in [4.78, 5) is 27.7. The van der Waals surface area contributed by atoms with E-state index in [4.69, 9.17) is 4.74 Å². The number of aromatic nitrogens is 3. The van der Waals surface area contributed by atoms with Crippen LogP contribution in [0.1, 0.15) is 73.0 Å². The van der Waals surface area contributed by atoms with Crippen molar-refractivity contribution in [3.63, 3.8) is 0 Å². The first-order valence-corrected chi connectivity index (χ1v) is 11.5. The van der Waals surface area contributed by atoms with Crippen molar-refractivity contribution < 1.29 is 14.3 Å². The van der Waals surface area contributed by atoms with E-state index in [1.54, 1.807) is 6.07 Å². The molecule has 3 aliphatic rings. The number of ether oxygens (including phenoxy) is 1. The van der Waals surface area contributed by atoms with Crippen molar-refractivity contribution in [2.24, 2.45) is 0 Å². The Morgan fingerprint density at radius 3 is 2.84 bits per heavy atom. The van der Waals surface area contributed by atoms with Crippen molar-refractivity contribution in [3.05, 3.63) is 41.5 Å². The maximum atomic E-state index is 13.4. The average Bonchev–Trinajstić information content (AvgIpc) is 3.52. The molecule has 1 aromatic heterocycles. The van der Waals surface area contributed by atoms with Crippen LogP contribution in [-0.4, -0.2) is 50.7 Å². The summed E-state index contributed by atoms with van der Waals surface area (Å²) in [6, 6.07) is 7.14. The smallest absolute Gasteiger partial charge is 0.254 e. The van der Waals surface area contributed by atoms with Gasteiger partial charge in [0.05, 0.1) is 6.04 Å². The van der Waals surface area contributed by atoms with Crippen LogP contribution in [0.15, 0.2) is 24.3 Å². The van der Waals surface area contributed by atoms with Gasteiger partial charge in [0, 0.05) is 37.4 Å². The van der Waals surface area contributed by atoms with E-state index >= 15 is 0 Å². The molecule has 164 valence electrons. The standard InChI is InChI=1S/C23H29N5O3/c29-22(19-10-6-14-31-19)24-17-8-4-7-16(15-17)23(30)27-13-5-9-18(27)21-26-25-20-11-2-1-3-12-28(20)21/h4,7-8,15,18-19H,1-3,5-6,9-14H2,(H,24,29)/t18-,19+/m1/s1. The van der Waals surface area contributed by atoms with Gasteiger partial charge in [0.15, 0.2) is 5.82 Å². The quantitative estimate of drug-likeness (QED) is 0.816. The highest BCUT2D eigenvalue weighted by molar-refractivity contribution is 5.98. The van der Waals surface area contributed by atoms with Crippen LogP contribution in [0.5, 0.6) is 0 Å². The van der Waals surface area contributed by atoms with Gasteiger partial charge in [-0.15, -0.1) is 10.2 Å². The van der Waals surface area contributed by atoms with Gasteiger partial charge < -0.3 is 19.5 Å². The topological polar surface area (TPSA) is 89.4 Å². The number of hydrogen-bond donors (Lipinski definition) is 1. The van der Waals surface area contributed by atoms with Gasteiger partial charge >= 0.3 is 0 Å². The SMILES string of the molecule is O=C(Nc1cccc(C(=O)N2CCC[C@@H]2c2nnc3n2CCCCC3)c1)[C@@H]1CCCO1. The third kappa shape index (κ3) is 4.08.